The average molecular weight is 313 g/mol. The number of nitrogens with zero attached hydrogens (tertiary/aromatic N) is 2. The minimum Gasteiger partial charge on any atom is -0.351 e. The molecule has 0 aliphatic heterocycles. The number of carbonyl (C=O) groups is 2. The van der Waals surface area contributed by atoms with E-state index in [1.807, 2.05) is 18.2 Å². The van der Waals surface area contributed by atoms with Crippen LogP contribution in [0.3, 0.4) is 0 Å². The van der Waals surface area contributed by atoms with E-state index >= 15 is 0 Å². The van der Waals surface area contributed by atoms with Crippen LogP contribution in [0.15, 0.2) is 53.5 Å². The van der Waals surface area contributed by atoms with Crippen molar-refractivity contribution in [3.8, 4) is 5.69 Å². The number of rotatable bonds is 5. The molecule has 0 aliphatic carbocycles. The number of nitrogens with one attached hydrogen (secondary N) is 1. The number of amides is 2. The fraction of sp³-hybridized carbons (Fsp3) is 0.235. The smallest absolute Gasteiger partial charge is 0.255 e. The van der Waals surface area contributed by atoms with Crippen LogP contribution in [0.1, 0.15) is 16.8 Å². The summed E-state index contributed by atoms with van der Waals surface area (Å²) in [4.78, 5) is 37.0. The minimum atomic E-state index is -0.318. The lowest BCUT2D eigenvalue weighted by Crippen LogP contribution is -2.31. The second kappa shape index (κ2) is 7.40. The molecule has 2 aromatic rings. The molecular weight excluding hydrogens is 294 g/mol. The number of pyridine rings is 1. The molecule has 23 heavy (non-hydrogen) atoms. The normalized spacial score (nSPS) is 10.2. The van der Waals surface area contributed by atoms with E-state index in [2.05, 4.69) is 5.32 Å². The van der Waals surface area contributed by atoms with Gasteiger partial charge in [-0.2, -0.15) is 0 Å². The molecule has 6 nitrogen and oxygen atoms in total. The molecule has 0 bridgehead atoms. The van der Waals surface area contributed by atoms with Gasteiger partial charge in [0, 0.05) is 45.0 Å². The van der Waals surface area contributed by atoms with Crippen molar-refractivity contribution in [3.05, 3.63) is 64.6 Å². The Bertz CT molecular complexity index is 751. The van der Waals surface area contributed by atoms with Crippen LogP contribution < -0.4 is 10.9 Å². The van der Waals surface area contributed by atoms with Crippen LogP contribution >= 0.6 is 0 Å². The van der Waals surface area contributed by atoms with Gasteiger partial charge < -0.3 is 10.2 Å². The number of carbonyl (C=O) groups excluding carboxylic acids is 2. The summed E-state index contributed by atoms with van der Waals surface area (Å²) in [5.41, 5.74) is 0.844. The highest BCUT2D eigenvalue weighted by molar-refractivity contribution is 5.94. The Morgan fingerprint density at radius 1 is 1.09 bits per heavy atom. The van der Waals surface area contributed by atoms with Crippen LogP contribution in [-0.4, -0.2) is 41.9 Å². The highest BCUT2D eigenvalue weighted by atomic mass is 16.2. The summed E-state index contributed by atoms with van der Waals surface area (Å²) in [6, 6.07) is 11.9. The van der Waals surface area contributed by atoms with Crippen molar-refractivity contribution in [1.82, 2.24) is 14.8 Å². The molecule has 1 heterocycles. The minimum absolute atomic E-state index is 0.0560. The molecule has 1 aromatic heterocycles. The number of hydrogen-bond donors (Lipinski definition) is 1. The Kier molecular flexibility index (Phi) is 5.30. The van der Waals surface area contributed by atoms with Gasteiger partial charge in [0.15, 0.2) is 0 Å². The fourth-order valence-electron chi connectivity index (χ4n) is 2.02. The molecule has 0 saturated carbocycles. The van der Waals surface area contributed by atoms with Crippen molar-refractivity contribution in [2.24, 2.45) is 0 Å². The maximum Gasteiger partial charge on any atom is 0.255 e. The van der Waals surface area contributed by atoms with Gasteiger partial charge in [-0.05, 0) is 18.2 Å². The van der Waals surface area contributed by atoms with Gasteiger partial charge in [0.05, 0.1) is 5.56 Å². The van der Waals surface area contributed by atoms with E-state index in [4.69, 9.17) is 0 Å². The number of benzene rings is 1. The van der Waals surface area contributed by atoms with E-state index in [-0.39, 0.29) is 30.3 Å². The Labute approximate surface area is 134 Å². The lowest BCUT2D eigenvalue weighted by molar-refractivity contribution is -0.128. The SMILES string of the molecule is CN(C)C(=O)CCNC(=O)c1ccc(=O)n(-c2ccccc2)c1. The van der Waals surface area contributed by atoms with Crippen LogP contribution in [0.25, 0.3) is 5.69 Å². The fourth-order valence-corrected chi connectivity index (χ4v) is 2.02. The van der Waals surface area contributed by atoms with Gasteiger partial charge in [-0.15, -0.1) is 0 Å². The summed E-state index contributed by atoms with van der Waals surface area (Å²) in [7, 11) is 3.33. The van der Waals surface area contributed by atoms with Gasteiger partial charge in [-0.1, -0.05) is 18.2 Å². The van der Waals surface area contributed by atoms with Crippen LogP contribution in [0.4, 0.5) is 0 Å². The van der Waals surface area contributed by atoms with Crippen molar-refractivity contribution in [2.45, 2.75) is 6.42 Å². The molecule has 2 amide bonds. The highest BCUT2D eigenvalue weighted by Crippen LogP contribution is 2.05. The molecule has 0 radical (unpaired) electrons. The standard InChI is InChI=1S/C17H19N3O3/c1-19(2)15(21)10-11-18-17(23)13-8-9-16(22)20(12-13)14-6-4-3-5-7-14/h3-9,12H,10-11H2,1-2H3,(H,18,23). The Hall–Kier alpha value is -2.89. The van der Waals surface area contributed by atoms with Crippen molar-refractivity contribution >= 4 is 11.8 Å². The summed E-state index contributed by atoms with van der Waals surface area (Å²) in [6.07, 6.45) is 1.73. The Morgan fingerprint density at radius 2 is 1.78 bits per heavy atom. The number of aromatic nitrogens is 1. The van der Waals surface area contributed by atoms with Crippen LogP contribution in [-0.2, 0) is 4.79 Å². The van der Waals surface area contributed by atoms with Gasteiger partial charge >= 0.3 is 0 Å². The number of hydrogen-bond acceptors (Lipinski definition) is 3. The maximum atomic E-state index is 12.1. The zero-order chi connectivity index (χ0) is 16.8. The molecule has 0 spiro atoms. The van der Waals surface area contributed by atoms with E-state index in [0.717, 1.165) is 0 Å². The molecule has 1 N–H and O–H groups in total. The van der Waals surface area contributed by atoms with E-state index in [1.54, 1.807) is 26.2 Å². The van der Waals surface area contributed by atoms with Gasteiger partial charge in [0.1, 0.15) is 0 Å². The lowest BCUT2D eigenvalue weighted by atomic mass is 10.2. The van der Waals surface area contributed by atoms with Crippen LogP contribution in [0, 0.1) is 0 Å². The predicted octanol–water partition coefficient (Wildman–Crippen LogP) is 1.05. The third-order valence-corrected chi connectivity index (χ3v) is 3.33. The van der Waals surface area contributed by atoms with E-state index in [9.17, 15) is 14.4 Å². The quantitative estimate of drug-likeness (QED) is 0.897. The molecule has 120 valence electrons. The number of para-hydroxylation sites is 1. The first kappa shape index (κ1) is 16.5. The first-order valence-corrected chi connectivity index (χ1v) is 7.25. The molecule has 1 aromatic carbocycles. The first-order chi connectivity index (χ1) is 11.0. The van der Waals surface area contributed by atoms with E-state index < -0.39 is 0 Å². The van der Waals surface area contributed by atoms with Gasteiger partial charge in [0.25, 0.3) is 11.5 Å². The Balaban J connectivity index is 2.10. The van der Waals surface area contributed by atoms with Gasteiger partial charge in [0.2, 0.25) is 5.91 Å². The lowest BCUT2D eigenvalue weighted by Gasteiger charge is -2.11. The van der Waals surface area contributed by atoms with E-state index in [1.165, 1.54) is 27.8 Å². The summed E-state index contributed by atoms with van der Waals surface area (Å²) in [5, 5.41) is 2.68. The van der Waals surface area contributed by atoms with Crippen molar-refractivity contribution < 1.29 is 9.59 Å². The highest BCUT2D eigenvalue weighted by Gasteiger charge is 2.10. The van der Waals surface area contributed by atoms with Crippen molar-refractivity contribution in [1.29, 1.82) is 0 Å². The van der Waals surface area contributed by atoms with Crippen molar-refractivity contribution in [3.63, 3.8) is 0 Å². The Morgan fingerprint density at radius 3 is 2.43 bits per heavy atom. The third-order valence-electron chi connectivity index (χ3n) is 3.33. The molecule has 0 fully saturated rings. The zero-order valence-electron chi connectivity index (χ0n) is 13.2. The second-order valence-electron chi connectivity index (χ2n) is 5.26. The molecule has 0 unspecified atom stereocenters. The molecule has 0 atom stereocenters. The molecule has 0 saturated heterocycles. The zero-order valence-corrected chi connectivity index (χ0v) is 13.2. The maximum absolute atomic E-state index is 12.1. The molecule has 0 aliphatic rings. The summed E-state index contributed by atoms with van der Waals surface area (Å²) in [6.45, 7) is 0.250. The molecule has 2 rings (SSSR count). The molecule has 6 heteroatoms. The average Bonchev–Trinajstić information content (AvgIpc) is 2.55. The van der Waals surface area contributed by atoms with Crippen LogP contribution in [0.5, 0.6) is 0 Å². The van der Waals surface area contributed by atoms with Gasteiger partial charge in [-0.25, -0.2) is 0 Å². The predicted molar refractivity (Wildman–Crippen MR) is 87.7 cm³/mol. The van der Waals surface area contributed by atoms with Gasteiger partial charge in [-0.3, -0.25) is 19.0 Å². The summed E-state index contributed by atoms with van der Waals surface area (Å²) < 4.78 is 1.42. The second-order valence-corrected chi connectivity index (χ2v) is 5.26. The summed E-state index contributed by atoms with van der Waals surface area (Å²) in [5.74, 6) is -0.374. The van der Waals surface area contributed by atoms with E-state index in [0.29, 0.717) is 11.3 Å². The van der Waals surface area contributed by atoms with Crippen molar-refractivity contribution in [2.75, 3.05) is 20.6 Å². The monoisotopic (exact) mass is 313 g/mol. The third kappa shape index (κ3) is 4.29. The topological polar surface area (TPSA) is 71.4 Å². The summed E-state index contributed by atoms with van der Waals surface area (Å²) >= 11 is 0. The largest absolute Gasteiger partial charge is 0.351 e. The van der Waals surface area contributed by atoms with Crippen LogP contribution in [0.2, 0.25) is 0 Å². The first-order valence-electron chi connectivity index (χ1n) is 7.25. The molecular formula is C17H19N3O3.